The van der Waals surface area contributed by atoms with Crippen LogP contribution >= 0.6 is 0 Å². The average Bonchev–Trinajstić information content (AvgIpc) is 2.28. The minimum absolute atomic E-state index is 0.000931. The molecule has 0 fully saturated rings. The molecule has 1 N–H and O–H groups in total. The van der Waals surface area contributed by atoms with Gasteiger partial charge in [-0.05, 0) is 30.8 Å². The molecule has 1 aromatic rings. The fourth-order valence-electron chi connectivity index (χ4n) is 1.40. The Labute approximate surface area is 108 Å². The van der Waals surface area contributed by atoms with Gasteiger partial charge in [-0.25, -0.2) is 16.8 Å². The van der Waals surface area contributed by atoms with Gasteiger partial charge in [-0.15, -0.1) is 0 Å². The first-order valence-corrected chi connectivity index (χ1v) is 9.05. The topological polar surface area (TPSA) is 80.3 Å². The van der Waals surface area contributed by atoms with E-state index in [0.717, 1.165) is 6.26 Å². The first kappa shape index (κ1) is 15.1. The summed E-state index contributed by atoms with van der Waals surface area (Å²) in [7, 11) is -6.65. The zero-order chi connectivity index (χ0) is 13.8. The molecule has 18 heavy (non-hydrogen) atoms. The first-order valence-electron chi connectivity index (χ1n) is 5.51. The summed E-state index contributed by atoms with van der Waals surface area (Å²) in [5, 5.41) is 2.93. The Hall–Kier alpha value is -0.920. The van der Waals surface area contributed by atoms with E-state index in [1.165, 1.54) is 24.3 Å². The molecule has 0 heterocycles. The van der Waals surface area contributed by atoms with Crippen LogP contribution in [0.5, 0.6) is 0 Å². The molecule has 0 aliphatic carbocycles. The Balaban J connectivity index is 2.91. The first-order chi connectivity index (χ1) is 8.27. The van der Waals surface area contributed by atoms with Crippen molar-refractivity contribution in [1.82, 2.24) is 5.32 Å². The number of sulfone groups is 2. The van der Waals surface area contributed by atoms with Crippen LogP contribution in [0.2, 0.25) is 0 Å². The lowest BCUT2D eigenvalue weighted by Crippen LogP contribution is -2.22. The molecule has 0 saturated carbocycles. The van der Waals surface area contributed by atoms with Crippen LogP contribution in [-0.4, -0.2) is 41.9 Å². The summed E-state index contributed by atoms with van der Waals surface area (Å²) >= 11 is 0. The lowest BCUT2D eigenvalue weighted by atomic mass is 10.4. The van der Waals surface area contributed by atoms with Gasteiger partial charge < -0.3 is 5.32 Å². The maximum absolute atomic E-state index is 11.9. The summed E-state index contributed by atoms with van der Waals surface area (Å²) in [6.45, 7) is 2.99. The number of rotatable bonds is 6. The smallest absolute Gasteiger partial charge is 0.179 e. The van der Waals surface area contributed by atoms with Gasteiger partial charge in [0.25, 0.3) is 0 Å². The zero-order valence-corrected chi connectivity index (χ0v) is 12.0. The van der Waals surface area contributed by atoms with Crippen LogP contribution in [0.1, 0.15) is 6.92 Å². The molecule has 0 saturated heterocycles. The van der Waals surface area contributed by atoms with Gasteiger partial charge in [0.1, 0.15) is 0 Å². The molecule has 0 bridgehead atoms. The normalized spacial score (nSPS) is 12.6. The Morgan fingerprint density at radius 3 is 1.94 bits per heavy atom. The minimum Gasteiger partial charge on any atom is -0.316 e. The highest BCUT2D eigenvalue weighted by molar-refractivity contribution is 7.91. The van der Waals surface area contributed by atoms with Gasteiger partial charge in [0.2, 0.25) is 0 Å². The quantitative estimate of drug-likeness (QED) is 0.771. The van der Waals surface area contributed by atoms with Crippen LogP contribution < -0.4 is 5.32 Å². The maximum atomic E-state index is 11.9. The van der Waals surface area contributed by atoms with E-state index in [-0.39, 0.29) is 15.5 Å². The fraction of sp³-hybridized carbons (Fsp3) is 0.455. The summed E-state index contributed by atoms with van der Waals surface area (Å²) in [5.41, 5.74) is 0. The van der Waals surface area contributed by atoms with Crippen LogP contribution in [0, 0.1) is 0 Å². The van der Waals surface area contributed by atoms with Gasteiger partial charge in [-0.2, -0.15) is 0 Å². The fourth-order valence-corrected chi connectivity index (χ4v) is 3.23. The highest BCUT2D eigenvalue weighted by Crippen LogP contribution is 2.15. The lowest BCUT2D eigenvalue weighted by Gasteiger charge is -2.05. The van der Waals surface area contributed by atoms with Crippen molar-refractivity contribution in [3.63, 3.8) is 0 Å². The Bertz CT molecular complexity index is 588. The second-order valence-corrected chi connectivity index (χ2v) is 8.04. The largest absolute Gasteiger partial charge is 0.316 e. The predicted molar refractivity (Wildman–Crippen MR) is 70.1 cm³/mol. The Kier molecular flexibility index (Phi) is 4.89. The van der Waals surface area contributed by atoms with Crippen LogP contribution in [0.3, 0.4) is 0 Å². The van der Waals surface area contributed by atoms with Gasteiger partial charge in [0.15, 0.2) is 19.7 Å². The molecule has 0 atom stereocenters. The predicted octanol–water partition coefficient (Wildman–Crippen LogP) is 0.473. The van der Waals surface area contributed by atoms with Crippen molar-refractivity contribution in [3.05, 3.63) is 24.3 Å². The molecule has 7 heteroatoms. The summed E-state index contributed by atoms with van der Waals surface area (Å²) in [6.07, 6.45) is 1.08. The van der Waals surface area contributed by atoms with E-state index in [2.05, 4.69) is 5.32 Å². The van der Waals surface area contributed by atoms with Crippen molar-refractivity contribution in [2.75, 3.05) is 25.1 Å². The van der Waals surface area contributed by atoms with Crippen molar-refractivity contribution < 1.29 is 16.8 Å². The molecular formula is C11H17NO4S2. The van der Waals surface area contributed by atoms with Gasteiger partial charge in [0.05, 0.1) is 15.5 Å². The molecule has 1 rings (SSSR count). The molecule has 0 amide bonds. The third kappa shape index (κ3) is 4.08. The van der Waals surface area contributed by atoms with Gasteiger partial charge >= 0.3 is 0 Å². The van der Waals surface area contributed by atoms with Gasteiger partial charge in [-0.1, -0.05) is 6.92 Å². The lowest BCUT2D eigenvalue weighted by molar-refractivity contribution is 0.590. The van der Waals surface area contributed by atoms with Gasteiger partial charge in [-0.3, -0.25) is 0 Å². The Morgan fingerprint density at radius 2 is 1.50 bits per heavy atom. The zero-order valence-electron chi connectivity index (χ0n) is 10.4. The molecule has 102 valence electrons. The summed E-state index contributed by atoms with van der Waals surface area (Å²) in [6, 6.07) is 5.29. The average molecular weight is 291 g/mol. The molecule has 0 spiro atoms. The third-order valence-corrected chi connectivity index (χ3v) is 5.27. The molecular weight excluding hydrogens is 274 g/mol. The second-order valence-electron chi connectivity index (χ2n) is 3.92. The number of hydrogen-bond donors (Lipinski definition) is 1. The summed E-state index contributed by atoms with van der Waals surface area (Å²) in [4.78, 5) is 0.265. The standard InChI is InChI=1S/C11H17NO4S2/c1-3-12-8-9-18(15,16)11-6-4-10(5-7-11)17(2,13)14/h4-7,12H,3,8-9H2,1-2H3. The van der Waals surface area contributed by atoms with Gasteiger partial charge in [0, 0.05) is 12.8 Å². The van der Waals surface area contributed by atoms with E-state index >= 15 is 0 Å². The van der Waals surface area contributed by atoms with Crippen molar-refractivity contribution >= 4 is 19.7 Å². The monoisotopic (exact) mass is 291 g/mol. The number of benzene rings is 1. The maximum Gasteiger partial charge on any atom is 0.179 e. The second kappa shape index (κ2) is 5.81. The van der Waals surface area contributed by atoms with Crippen molar-refractivity contribution in [3.8, 4) is 0 Å². The molecule has 1 aromatic carbocycles. The molecule has 0 aliphatic heterocycles. The van der Waals surface area contributed by atoms with E-state index in [9.17, 15) is 16.8 Å². The molecule has 0 aliphatic rings. The molecule has 0 unspecified atom stereocenters. The summed E-state index contributed by atoms with van der Waals surface area (Å²) < 4.78 is 46.2. The van der Waals surface area contributed by atoms with Crippen LogP contribution in [0.25, 0.3) is 0 Å². The highest BCUT2D eigenvalue weighted by atomic mass is 32.2. The van der Waals surface area contributed by atoms with Crippen LogP contribution in [-0.2, 0) is 19.7 Å². The molecule has 5 nitrogen and oxygen atoms in total. The number of hydrogen-bond acceptors (Lipinski definition) is 5. The summed E-state index contributed by atoms with van der Waals surface area (Å²) in [5.74, 6) is -0.000931. The molecule has 0 radical (unpaired) electrons. The third-order valence-electron chi connectivity index (χ3n) is 2.41. The van der Waals surface area contributed by atoms with E-state index in [1.54, 1.807) is 0 Å². The van der Waals surface area contributed by atoms with Crippen molar-refractivity contribution in [2.24, 2.45) is 0 Å². The highest BCUT2D eigenvalue weighted by Gasteiger charge is 2.15. The minimum atomic E-state index is -3.35. The van der Waals surface area contributed by atoms with E-state index < -0.39 is 19.7 Å². The van der Waals surface area contributed by atoms with Crippen molar-refractivity contribution in [1.29, 1.82) is 0 Å². The SMILES string of the molecule is CCNCCS(=O)(=O)c1ccc(S(C)(=O)=O)cc1. The van der Waals surface area contributed by atoms with Crippen molar-refractivity contribution in [2.45, 2.75) is 16.7 Å². The van der Waals surface area contributed by atoms with E-state index in [1.807, 2.05) is 6.92 Å². The molecule has 0 aromatic heterocycles. The van der Waals surface area contributed by atoms with Crippen LogP contribution in [0.15, 0.2) is 34.1 Å². The Morgan fingerprint density at radius 1 is 1.00 bits per heavy atom. The van der Waals surface area contributed by atoms with E-state index in [4.69, 9.17) is 0 Å². The number of nitrogens with one attached hydrogen (secondary N) is 1. The van der Waals surface area contributed by atoms with E-state index in [0.29, 0.717) is 13.1 Å². The van der Waals surface area contributed by atoms with Crippen LogP contribution in [0.4, 0.5) is 0 Å².